The van der Waals surface area contributed by atoms with Crippen LogP contribution in [0.3, 0.4) is 0 Å². The molecule has 1 aromatic rings. The molecular formula is C12H19ClN4. The van der Waals surface area contributed by atoms with Gasteiger partial charge < -0.3 is 10.2 Å². The van der Waals surface area contributed by atoms with Gasteiger partial charge in [0.15, 0.2) is 5.15 Å². The first-order valence-electron chi connectivity index (χ1n) is 6.11. The molecule has 0 aromatic carbocycles. The average molecular weight is 255 g/mol. The van der Waals surface area contributed by atoms with Crippen molar-refractivity contribution in [3.05, 3.63) is 23.0 Å². The Hall–Kier alpha value is -0.710. The molecule has 1 aliphatic heterocycles. The van der Waals surface area contributed by atoms with Gasteiger partial charge in [0.25, 0.3) is 0 Å². The minimum absolute atomic E-state index is 0.453. The van der Waals surface area contributed by atoms with E-state index in [1.807, 2.05) is 6.07 Å². The molecule has 0 aliphatic carbocycles. The van der Waals surface area contributed by atoms with Gasteiger partial charge >= 0.3 is 0 Å². The molecule has 0 atom stereocenters. The Morgan fingerprint density at radius 2 is 2.12 bits per heavy atom. The van der Waals surface area contributed by atoms with E-state index < -0.39 is 0 Å². The first-order valence-corrected chi connectivity index (χ1v) is 6.49. The minimum Gasteiger partial charge on any atom is -0.317 e. The fraction of sp³-hybridized carbons (Fsp3) is 0.667. The SMILES string of the molecule is CN(Cc1ccc(Cl)nn1)CC1CCNCC1. The van der Waals surface area contributed by atoms with Gasteiger partial charge in [-0.25, -0.2) is 0 Å². The van der Waals surface area contributed by atoms with Gasteiger partial charge in [-0.15, -0.1) is 5.10 Å². The monoisotopic (exact) mass is 254 g/mol. The third kappa shape index (κ3) is 4.22. The molecule has 94 valence electrons. The Labute approximate surface area is 107 Å². The predicted molar refractivity (Wildman–Crippen MR) is 69.0 cm³/mol. The van der Waals surface area contributed by atoms with Crippen molar-refractivity contribution in [3.8, 4) is 0 Å². The lowest BCUT2D eigenvalue weighted by atomic mass is 9.98. The van der Waals surface area contributed by atoms with Crippen molar-refractivity contribution >= 4 is 11.6 Å². The average Bonchev–Trinajstić information content (AvgIpc) is 2.33. The minimum atomic E-state index is 0.453. The van der Waals surface area contributed by atoms with Crippen molar-refractivity contribution in [2.24, 2.45) is 5.92 Å². The highest BCUT2D eigenvalue weighted by atomic mass is 35.5. The predicted octanol–water partition coefficient (Wildman–Crippen LogP) is 1.56. The summed E-state index contributed by atoms with van der Waals surface area (Å²) in [5.41, 5.74) is 0.978. The first kappa shape index (κ1) is 12.7. The molecule has 1 fully saturated rings. The number of hydrogen-bond donors (Lipinski definition) is 1. The fourth-order valence-corrected chi connectivity index (χ4v) is 2.37. The van der Waals surface area contributed by atoms with Crippen molar-refractivity contribution < 1.29 is 0 Å². The molecule has 0 radical (unpaired) electrons. The molecule has 0 spiro atoms. The van der Waals surface area contributed by atoms with E-state index in [2.05, 4.69) is 27.5 Å². The Kier molecular flexibility index (Phi) is 4.71. The molecule has 1 aromatic heterocycles. The number of piperidine rings is 1. The lowest BCUT2D eigenvalue weighted by molar-refractivity contribution is 0.232. The van der Waals surface area contributed by atoms with E-state index in [1.54, 1.807) is 6.07 Å². The molecule has 1 N–H and O–H groups in total. The highest BCUT2D eigenvalue weighted by Crippen LogP contribution is 2.13. The van der Waals surface area contributed by atoms with Crippen LogP contribution in [0.2, 0.25) is 5.15 Å². The number of halogens is 1. The van der Waals surface area contributed by atoms with Crippen LogP contribution in [0.25, 0.3) is 0 Å². The maximum Gasteiger partial charge on any atom is 0.151 e. The van der Waals surface area contributed by atoms with Crippen LogP contribution in [0.4, 0.5) is 0 Å². The standard InChI is InChI=1S/C12H19ClN4/c1-17(8-10-4-6-14-7-5-10)9-11-2-3-12(13)16-15-11/h2-3,10,14H,4-9H2,1H3. The van der Waals surface area contributed by atoms with Gasteiger partial charge in [-0.1, -0.05) is 11.6 Å². The van der Waals surface area contributed by atoms with Gasteiger partial charge in [-0.05, 0) is 51.0 Å². The third-order valence-electron chi connectivity index (χ3n) is 3.15. The molecule has 0 saturated carbocycles. The number of nitrogens with one attached hydrogen (secondary N) is 1. The first-order chi connectivity index (χ1) is 8.24. The molecule has 17 heavy (non-hydrogen) atoms. The van der Waals surface area contributed by atoms with E-state index in [0.29, 0.717) is 5.15 Å². The van der Waals surface area contributed by atoms with Gasteiger partial charge in [0, 0.05) is 13.1 Å². The molecule has 5 heteroatoms. The molecule has 2 rings (SSSR count). The second-order valence-electron chi connectivity index (χ2n) is 4.74. The van der Waals surface area contributed by atoms with Crippen LogP contribution in [0.1, 0.15) is 18.5 Å². The van der Waals surface area contributed by atoms with Crippen LogP contribution >= 0.6 is 11.6 Å². The molecule has 0 bridgehead atoms. The second-order valence-corrected chi connectivity index (χ2v) is 5.12. The summed E-state index contributed by atoms with van der Waals surface area (Å²) < 4.78 is 0. The van der Waals surface area contributed by atoms with Crippen LogP contribution in [-0.2, 0) is 6.54 Å². The highest BCUT2D eigenvalue weighted by Gasteiger charge is 2.15. The van der Waals surface area contributed by atoms with E-state index in [-0.39, 0.29) is 0 Å². The maximum absolute atomic E-state index is 5.71. The van der Waals surface area contributed by atoms with Crippen molar-refractivity contribution in [1.82, 2.24) is 20.4 Å². The summed E-state index contributed by atoms with van der Waals surface area (Å²) in [6, 6.07) is 3.73. The number of aromatic nitrogens is 2. The van der Waals surface area contributed by atoms with Crippen molar-refractivity contribution in [2.45, 2.75) is 19.4 Å². The quantitative estimate of drug-likeness (QED) is 0.886. The summed E-state index contributed by atoms with van der Waals surface area (Å²) in [7, 11) is 2.14. The zero-order valence-electron chi connectivity index (χ0n) is 10.2. The van der Waals surface area contributed by atoms with Crippen molar-refractivity contribution in [2.75, 3.05) is 26.7 Å². The summed E-state index contributed by atoms with van der Waals surface area (Å²) in [5.74, 6) is 0.807. The zero-order chi connectivity index (χ0) is 12.1. The summed E-state index contributed by atoms with van der Waals surface area (Å²) in [4.78, 5) is 2.31. The Bertz CT molecular complexity index is 335. The Morgan fingerprint density at radius 3 is 2.76 bits per heavy atom. The largest absolute Gasteiger partial charge is 0.317 e. The molecular weight excluding hydrogens is 236 g/mol. The van der Waals surface area contributed by atoms with Crippen molar-refractivity contribution in [1.29, 1.82) is 0 Å². The lowest BCUT2D eigenvalue weighted by Crippen LogP contribution is -2.34. The maximum atomic E-state index is 5.71. The van der Waals surface area contributed by atoms with Crippen LogP contribution in [0.15, 0.2) is 12.1 Å². The summed E-state index contributed by atoms with van der Waals surface area (Å²) >= 11 is 5.71. The van der Waals surface area contributed by atoms with Crippen LogP contribution < -0.4 is 5.32 Å². The number of nitrogens with zero attached hydrogens (tertiary/aromatic N) is 3. The van der Waals surface area contributed by atoms with Crippen molar-refractivity contribution in [3.63, 3.8) is 0 Å². The fourth-order valence-electron chi connectivity index (χ4n) is 2.27. The third-order valence-corrected chi connectivity index (χ3v) is 3.35. The molecule has 1 saturated heterocycles. The smallest absolute Gasteiger partial charge is 0.151 e. The van der Waals surface area contributed by atoms with Gasteiger partial charge in [0.05, 0.1) is 5.69 Å². The van der Waals surface area contributed by atoms with Gasteiger partial charge in [-0.2, -0.15) is 5.10 Å². The Balaban J connectivity index is 1.79. The van der Waals surface area contributed by atoms with Crippen LogP contribution in [-0.4, -0.2) is 41.8 Å². The molecule has 0 amide bonds. The second kappa shape index (κ2) is 6.28. The molecule has 1 aliphatic rings. The van der Waals surface area contributed by atoms with E-state index >= 15 is 0 Å². The molecule has 2 heterocycles. The highest BCUT2D eigenvalue weighted by molar-refractivity contribution is 6.29. The summed E-state index contributed by atoms with van der Waals surface area (Å²) in [6.07, 6.45) is 2.55. The Morgan fingerprint density at radius 1 is 1.35 bits per heavy atom. The zero-order valence-corrected chi connectivity index (χ0v) is 11.0. The summed E-state index contributed by atoms with van der Waals surface area (Å²) in [6.45, 7) is 4.28. The number of hydrogen-bond acceptors (Lipinski definition) is 4. The molecule has 0 unspecified atom stereocenters. The van der Waals surface area contributed by atoms with Crippen LogP contribution in [0, 0.1) is 5.92 Å². The van der Waals surface area contributed by atoms with Crippen LogP contribution in [0.5, 0.6) is 0 Å². The van der Waals surface area contributed by atoms with Gasteiger partial charge in [-0.3, -0.25) is 0 Å². The summed E-state index contributed by atoms with van der Waals surface area (Å²) in [5, 5.41) is 11.8. The number of rotatable bonds is 4. The molecule has 4 nitrogen and oxygen atoms in total. The van der Waals surface area contributed by atoms with Gasteiger partial charge in [0.2, 0.25) is 0 Å². The normalized spacial score (nSPS) is 17.6. The van der Waals surface area contributed by atoms with E-state index in [1.165, 1.54) is 12.8 Å². The van der Waals surface area contributed by atoms with Gasteiger partial charge in [0.1, 0.15) is 0 Å². The van der Waals surface area contributed by atoms with E-state index in [0.717, 1.165) is 37.8 Å². The lowest BCUT2D eigenvalue weighted by Gasteiger charge is -2.27. The van der Waals surface area contributed by atoms with E-state index in [9.17, 15) is 0 Å². The van der Waals surface area contributed by atoms with E-state index in [4.69, 9.17) is 11.6 Å². The topological polar surface area (TPSA) is 41.1 Å².